The lowest BCUT2D eigenvalue weighted by molar-refractivity contribution is 0.0155. The zero-order valence-corrected chi connectivity index (χ0v) is 16.2. The van der Waals surface area contributed by atoms with E-state index in [1.54, 1.807) is 12.1 Å². The first-order valence-electron chi connectivity index (χ1n) is 9.42. The van der Waals surface area contributed by atoms with Gasteiger partial charge in [0.05, 0.1) is 0 Å². The minimum Gasteiger partial charge on any atom is -0.475 e. The van der Waals surface area contributed by atoms with Crippen LogP contribution in [0.15, 0.2) is 48.5 Å². The average molecular weight is 370 g/mol. The minimum atomic E-state index is -0.314. The van der Waals surface area contributed by atoms with E-state index < -0.39 is 0 Å². The number of anilines is 1. The highest BCUT2D eigenvalue weighted by Crippen LogP contribution is 2.25. The Balaban J connectivity index is 1.54. The number of carbonyl (C=O) groups is 1. The highest BCUT2D eigenvalue weighted by atomic mass is 19.1. The third kappa shape index (κ3) is 4.86. The fourth-order valence-corrected chi connectivity index (χ4v) is 3.48. The maximum atomic E-state index is 13.0. The van der Waals surface area contributed by atoms with Crippen molar-refractivity contribution >= 4 is 11.5 Å². The van der Waals surface area contributed by atoms with Crippen LogP contribution in [0.2, 0.25) is 0 Å². The Labute approximate surface area is 160 Å². The number of piperidine rings is 1. The molecular weight excluding hydrogens is 343 g/mol. The summed E-state index contributed by atoms with van der Waals surface area (Å²) in [4.78, 5) is 16.9. The SMILES string of the molecule is CC(Oc1cccc(N(C)C)c1)N1CCC(C(=O)c2ccc(F)cc2)CC1. The molecule has 27 heavy (non-hydrogen) atoms. The summed E-state index contributed by atoms with van der Waals surface area (Å²) in [6.07, 6.45) is 1.54. The van der Waals surface area contributed by atoms with Crippen molar-refractivity contribution in [3.05, 3.63) is 59.9 Å². The predicted octanol–water partition coefficient (Wildman–Crippen LogP) is 4.21. The van der Waals surface area contributed by atoms with Gasteiger partial charge < -0.3 is 9.64 Å². The Morgan fingerprint density at radius 2 is 1.81 bits per heavy atom. The van der Waals surface area contributed by atoms with E-state index in [1.165, 1.54) is 12.1 Å². The Bertz CT molecular complexity index is 768. The first kappa shape index (κ1) is 19.4. The molecule has 1 heterocycles. The van der Waals surface area contributed by atoms with Crippen LogP contribution in [0.4, 0.5) is 10.1 Å². The van der Waals surface area contributed by atoms with Crippen molar-refractivity contribution in [3.8, 4) is 5.75 Å². The van der Waals surface area contributed by atoms with Gasteiger partial charge in [0.25, 0.3) is 0 Å². The number of Topliss-reactive ketones (excluding diaryl/α,β-unsaturated/α-hetero) is 1. The smallest absolute Gasteiger partial charge is 0.166 e. The van der Waals surface area contributed by atoms with Crippen molar-refractivity contribution in [1.82, 2.24) is 4.90 Å². The standard InChI is InChI=1S/C22H27FN2O2/c1-16(27-21-6-4-5-20(15-21)24(2)3)25-13-11-18(12-14-25)22(26)17-7-9-19(23)10-8-17/h4-10,15-16,18H,11-14H2,1-3H3. The van der Waals surface area contributed by atoms with Gasteiger partial charge in [-0.1, -0.05) is 6.07 Å². The van der Waals surface area contributed by atoms with Crippen molar-refractivity contribution in [3.63, 3.8) is 0 Å². The molecule has 0 aromatic heterocycles. The second-order valence-corrected chi connectivity index (χ2v) is 7.29. The number of halogens is 1. The van der Waals surface area contributed by atoms with Crippen LogP contribution in [0.25, 0.3) is 0 Å². The van der Waals surface area contributed by atoms with E-state index in [0.29, 0.717) is 5.56 Å². The summed E-state index contributed by atoms with van der Waals surface area (Å²) in [5.41, 5.74) is 1.70. The van der Waals surface area contributed by atoms with E-state index in [1.807, 2.05) is 50.2 Å². The lowest BCUT2D eigenvalue weighted by Gasteiger charge is -2.35. The number of likely N-dealkylation sites (tertiary alicyclic amines) is 1. The van der Waals surface area contributed by atoms with E-state index in [4.69, 9.17) is 4.74 Å². The number of carbonyl (C=O) groups excluding carboxylic acids is 1. The minimum absolute atomic E-state index is 0.00372. The molecule has 4 nitrogen and oxygen atoms in total. The zero-order valence-electron chi connectivity index (χ0n) is 16.2. The summed E-state index contributed by atoms with van der Waals surface area (Å²) in [5.74, 6) is 0.641. The third-order valence-electron chi connectivity index (χ3n) is 5.18. The number of benzene rings is 2. The molecule has 0 spiro atoms. The monoisotopic (exact) mass is 370 g/mol. The van der Waals surface area contributed by atoms with Crippen LogP contribution < -0.4 is 9.64 Å². The summed E-state index contributed by atoms with van der Waals surface area (Å²) < 4.78 is 19.2. The van der Waals surface area contributed by atoms with E-state index in [9.17, 15) is 9.18 Å². The van der Waals surface area contributed by atoms with Crippen LogP contribution in [0.5, 0.6) is 5.75 Å². The van der Waals surface area contributed by atoms with Crippen molar-refractivity contribution in [1.29, 1.82) is 0 Å². The van der Waals surface area contributed by atoms with Gasteiger partial charge in [-0.2, -0.15) is 0 Å². The van der Waals surface area contributed by atoms with Gasteiger partial charge in [-0.25, -0.2) is 4.39 Å². The average Bonchev–Trinajstić information content (AvgIpc) is 2.68. The summed E-state index contributed by atoms with van der Waals surface area (Å²) >= 11 is 0. The fraction of sp³-hybridized carbons (Fsp3) is 0.409. The van der Waals surface area contributed by atoms with Crippen LogP contribution in [-0.4, -0.2) is 44.1 Å². The van der Waals surface area contributed by atoms with Gasteiger partial charge >= 0.3 is 0 Å². The molecule has 144 valence electrons. The van der Waals surface area contributed by atoms with Crippen molar-refractivity contribution in [2.45, 2.75) is 26.0 Å². The number of rotatable bonds is 6. The van der Waals surface area contributed by atoms with Crippen molar-refractivity contribution in [2.24, 2.45) is 5.92 Å². The van der Waals surface area contributed by atoms with Crippen LogP contribution in [-0.2, 0) is 0 Å². The van der Waals surface area contributed by atoms with Crippen LogP contribution >= 0.6 is 0 Å². The molecule has 1 atom stereocenters. The summed E-state index contributed by atoms with van der Waals surface area (Å²) in [6.45, 7) is 3.67. The second kappa shape index (κ2) is 8.53. The second-order valence-electron chi connectivity index (χ2n) is 7.29. The van der Waals surface area contributed by atoms with Crippen molar-refractivity contribution in [2.75, 3.05) is 32.1 Å². The lowest BCUT2D eigenvalue weighted by atomic mass is 9.89. The van der Waals surface area contributed by atoms with Crippen LogP contribution in [0.3, 0.4) is 0 Å². The molecule has 0 N–H and O–H groups in total. The van der Waals surface area contributed by atoms with Gasteiger partial charge in [-0.3, -0.25) is 9.69 Å². The van der Waals surface area contributed by atoms with Crippen molar-refractivity contribution < 1.29 is 13.9 Å². The zero-order chi connectivity index (χ0) is 19.4. The van der Waals surface area contributed by atoms with Gasteiger partial charge in [0.1, 0.15) is 17.8 Å². The molecule has 3 rings (SSSR count). The highest BCUT2D eigenvalue weighted by Gasteiger charge is 2.28. The molecule has 1 aliphatic heterocycles. The molecule has 0 bridgehead atoms. The molecular formula is C22H27FN2O2. The number of nitrogens with zero attached hydrogens (tertiary/aromatic N) is 2. The quantitative estimate of drug-likeness (QED) is 0.713. The number of ketones is 1. The molecule has 1 fully saturated rings. The normalized spacial score (nSPS) is 16.7. The maximum absolute atomic E-state index is 13.0. The van der Waals surface area contributed by atoms with E-state index in [2.05, 4.69) is 4.90 Å². The van der Waals surface area contributed by atoms with Gasteiger partial charge in [-0.15, -0.1) is 0 Å². The molecule has 2 aromatic rings. The molecule has 0 aliphatic carbocycles. The highest BCUT2D eigenvalue weighted by molar-refractivity contribution is 5.97. The molecule has 1 saturated heterocycles. The number of ether oxygens (including phenoxy) is 1. The number of hydrogen-bond acceptors (Lipinski definition) is 4. The van der Waals surface area contributed by atoms with E-state index >= 15 is 0 Å². The van der Waals surface area contributed by atoms with Crippen LogP contribution in [0, 0.1) is 11.7 Å². The first-order chi connectivity index (χ1) is 12.9. The molecule has 2 aromatic carbocycles. The Kier molecular flexibility index (Phi) is 6.11. The molecule has 1 unspecified atom stereocenters. The topological polar surface area (TPSA) is 32.8 Å². The maximum Gasteiger partial charge on any atom is 0.166 e. The third-order valence-corrected chi connectivity index (χ3v) is 5.18. The van der Waals surface area contributed by atoms with Gasteiger partial charge in [0.2, 0.25) is 0 Å². The Morgan fingerprint density at radius 1 is 1.15 bits per heavy atom. The molecule has 5 heteroatoms. The predicted molar refractivity (Wildman–Crippen MR) is 106 cm³/mol. The Morgan fingerprint density at radius 3 is 2.44 bits per heavy atom. The molecule has 0 saturated carbocycles. The van der Waals surface area contributed by atoms with E-state index in [-0.39, 0.29) is 23.7 Å². The van der Waals surface area contributed by atoms with Crippen LogP contribution in [0.1, 0.15) is 30.1 Å². The summed E-state index contributed by atoms with van der Waals surface area (Å²) in [6, 6.07) is 13.9. The first-order valence-corrected chi connectivity index (χ1v) is 9.42. The van der Waals surface area contributed by atoms with E-state index in [0.717, 1.165) is 37.4 Å². The number of hydrogen-bond donors (Lipinski definition) is 0. The van der Waals surface area contributed by atoms with Gasteiger partial charge in [0.15, 0.2) is 5.78 Å². The molecule has 0 amide bonds. The summed E-state index contributed by atoms with van der Waals surface area (Å²) in [7, 11) is 4.01. The Hall–Kier alpha value is -2.40. The molecule has 1 aliphatic rings. The molecule has 0 radical (unpaired) electrons. The summed E-state index contributed by atoms with van der Waals surface area (Å²) in [5, 5.41) is 0. The fourth-order valence-electron chi connectivity index (χ4n) is 3.48. The lowest BCUT2D eigenvalue weighted by Crippen LogP contribution is -2.44. The van der Waals surface area contributed by atoms with Gasteiger partial charge in [-0.05, 0) is 56.2 Å². The van der Waals surface area contributed by atoms with Gasteiger partial charge in [0, 0.05) is 50.4 Å². The largest absolute Gasteiger partial charge is 0.475 e.